The first-order valence-electron chi connectivity index (χ1n) is 9.24. The highest BCUT2D eigenvalue weighted by atomic mass is 35.5. The van der Waals surface area contributed by atoms with Crippen LogP contribution >= 0.6 is 22.9 Å². The summed E-state index contributed by atoms with van der Waals surface area (Å²) in [5.74, 6) is 2.65. The number of ether oxygens (including phenoxy) is 1. The van der Waals surface area contributed by atoms with E-state index in [0.29, 0.717) is 22.4 Å². The topological polar surface area (TPSA) is 56.0 Å². The van der Waals surface area contributed by atoms with E-state index in [1.807, 2.05) is 16.0 Å². The van der Waals surface area contributed by atoms with Crippen molar-refractivity contribution in [3.63, 3.8) is 0 Å². The Morgan fingerprint density at radius 1 is 1.23 bits per heavy atom. The number of rotatable bonds is 2. The summed E-state index contributed by atoms with van der Waals surface area (Å²) in [7, 11) is 0. The van der Waals surface area contributed by atoms with Gasteiger partial charge in [-0.1, -0.05) is 11.6 Å². The second-order valence-corrected chi connectivity index (χ2v) is 9.61. The molecule has 4 saturated carbocycles. The first-order valence-corrected chi connectivity index (χ1v) is 10.5. The van der Waals surface area contributed by atoms with Gasteiger partial charge in [-0.3, -0.25) is 4.40 Å². The van der Waals surface area contributed by atoms with Crippen LogP contribution in [0.15, 0.2) is 22.3 Å². The Morgan fingerprint density at radius 2 is 1.92 bits per heavy atom. The third-order valence-electron chi connectivity index (χ3n) is 6.64. The molecule has 0 saturated heterocycles. The largest absolute Gasteiger partial charge is 0.406 e. The van der Waals surface area contributed by atoms with E-state index in [4.69, 9.17) is 16.3 Å². The van der Waals surface area contributed by atoms with Crippen molar-refractivity contribution in [2.45, 2.75) is 38.5 Å². The fraction of sp³-hybridized carbons (Fsp3) is 0.526. The van der Waals surface area contributed by atoms with Crippen molar-refractivity contribution in [1.82, 2.24) is 9.38 Å². The zero-order valence-corrected chi connectivity index (χ0v) is 15.7. The number of cyclic esters (lactones) is 1. The van der Waals surface area contributed by atoms with Gasteiger partial charge in [0.05, 0.1) is 5.69 Å². The van der Waals surface area contributed by atoms with Gasteiger partial charge in [-0.2, -0.15) is 0 Å². The minimum atomic E-state index is -0.364. The maximum absolute atomic E-state index is 12.5. The Labute approximate surface area is 159 Å². The number of imidazole rings is 1. The number of aliphatic imine (C=N–C) groups is 1. The maximum atomic E-state index is 12.5. The second-order valence-electron chi connectivity index (χ2n) is 8.38. The van der Waals surface area contributed by atoms with Crippen LogP contribution in [0.4, 0.5) is 0 Å². The summed E-state index contributed by atoms with van der Waals surface area (Å²) in [6, 6.07) is 0. The molecular formula is C19H18ClN3O2S. The van der Waals surface area contributed by atoms with Crippen LogP contribution in [0.25, 0.3) is 11.0 Å². The molecule has 7 rings (SSSR count). The number of carbonyl (C=O) groups excluding carboxylic acids is 1. The zero-order chi connectivity index (χ0) is 17.5. The Bertz CT molecular complexity index is 966. The first kappa shape index (κ1) is 15.4. The summed E-state index contributed by atoms with van der Waals surface area (Å²) in [5, 5.41) is 2.33. The molecule has 26 heavy (non-hydrogen) atoms. The van der Waals surface area contributed by atoms with Gasteiger partial charge in [0, 0.05) is 17.0 Å². The van der Waals surface area contributed by atoms with Crippen molar-refractivity contribution >= 4 is 45.8 Å². The molecule has 4 bridgehead atoms. The number of thiazole rings is 1. The molecule has 5 nitrogen and oxygen atoms in total. The average Bonchev–Trinajstić information content (AvgIpc) is 3.24. The Hall–Kier alpha value is -1.66. The van der Waals surface area contributed by atoms with E-state index in [2.05, 4.69) is 9.98 Å². The standard InChI is InChI=1S/C19H18ClN3O2S/c20-15-14(23-1-2-26-18(23)22-15)6-13-16(24)25-17(21-13)19-7-10-3-11(8-19)5-12(4-10)9-19/h1-2,6,10-12H,3-5,7-9H2/b13-6-. The SMILES string of the molecule is O=C1OC(C23CC4CC(CC(C4)C2)C3)=N/C1=C\c1c(Cl)nc2sccn12. The van der Waals surface area contributed by atoms with Gasteiger partial charge in [0.2, 0.25) is 5.90 Å². The van der Waals surface area contributed by atoms with Crippen LogP contribution in [0.5, 0.6) is 0 Å². The smallest absolute Gasteiger partial charge is 0.363 e. The molecule has 2 aromatic rings. The molecule has 0 aromatic carbocycles. The van der Waals surface area contributed by atoms with Gasteiger partial charge in [0.25, 0.3) is 0 Å². The van der Waals surface area contributed by atoms with Crippen molar-refractivity contribution in [3.8, 4) is 0 Å². The Balaban J connectivity index is 1.40. The third kappa shape index (κ3) is 2.12. The van der Waals surface area contributed by atoms with Gasteiger partial charge in [-0.15, -0.1) is 11.3 Å². The van der Waals surface area contributed by atoms with Crippen LogP contribution in [-0.2, 0) is 9.53 Å². The van der Waals surface area contributed by atoms with Gasteiger partial charge in [-0.25, -0.2) is 14.8 Å². The second kappa shape index (κ2) is 5.20. The number of fused-ring (bicyclic) bond motifs is 1. The van der Waals surface area contributed by atoms with Gasteiger partial charge < -0.3 is 4.74 Å². The third-order valence-corrected chi connectivity index (χ3v) is 7.67. The zero-order valence-electron chi connectivity index (χ0n) is 14.2. The number of halogens is 1. The lowest BCUT2D eigenvalue weighted by Crippen LogP contribution is -2.50. The molecule has 5 aliphatic rings. The lowest BCUT2D eigenvalue weighted by molar-refractivity contribution is -0.131. The molecule has 4 aliphatic carbocycles. The number of hydrogen-bond donors (Lipinski definition) is 0. The van der Waals surface area contributed by atoms with Gasteiger partial charge >= 0.3 is 5.97 Å². The van der Waals surface area contributed by atoms with E-state index in [0.717, 1.165) is 42.0 Å². The van der Waals surface area contributed by atoms with Crippen molar-refractivity contribution in [2.75, 3.05) is 0 Å². The molecule has 3 heterocycles. The Kier molecular flexibility index (Phi) is 3.08. The van der Waals surface area contributed by atoms with Crippen molar-refractivity contribution in [1.29, 1.82) is 0 Å². The molecule has 0 N–H and O–H groups in total. The quantitative estimate of drug-likeness (QED) is 0.560. The number of carbonyl (C=O) groups is 1. The van der Waals surface area contributed by atoms with Gasteiger partial charge in [0.1, 0.15) is 0 Å². The van der Waals surface area contributed by atoms with Crippen LogP contribution in [0.1, 0.15) is 44.2 Å². The van der Waals surface area contributed by atoms with Gasteiger partial charge in [0.15, 0.2) is 15.8 Å². The summed E-state index contributed by atoms with van der Waals surface area (Å²) < 4.78 is 7.59. The van der Waals surface area contributed by atoms with E-state index in [9.17, 15) is 4.79 Å². The molecule has 0 amide bonds. The van der Waals surface area contributed by atoms with Crippen LogP contribution in [0, 0.1) is 23.2 Å². The van der Waals surface area contributed by atoms with E-state index < -0.39 is 0 Å². The monoisotopic (exact) mass is 387 g/mol. The summed E-state index contributed by atoms with van der Waals surface area (Å²) in [4.78, 5) is 22.3. The fourth-order valence-corrected chi connectivity index (χ4v) is 7.04. The van der Waals surface area contributed by atoms with E-state index >= 15 is 0 Å². The highest BCUT2D eigenvalue weighted by Crippen LogP contribution is 2.61. The predicted molar refractivity (Wildman–Crippen MR) is 100 cm³/mol. The lowest BCUT2D eigenvalue weighted by Gasteiger charge is -2.55. The van der Waals surface area contributed by atoms with E-state index in [-0.39, 0.29) is 11.4 Å². The van der Waals surface area contributed by atoms with Crippen molar-refractivity contribution in [2.24, 2.45) is 28.2 Å². The molecule has 2 aromatic heterocycles. The summed E-state index contributed by atoms with van der Waals surface area (Å²) in [6.45, 7) is 0. The highest BCUT2D eigenvalue weighted by Gasteiger charge is 2.55. The molecule has 1 aliphatic heterocycles. The molecule has 0 unspecified atom stereocenters. The first-order chi connectivity index (χ1) is 12.6. The van der Waals surface area contributed by atoms with E-state index in [1.165, 1.54) is 30.6 Å². The number of nitrogens with zero attached hydrogens (tertiary/aromatic N) is 3. The molecule has 0 radical (unpaired) electrons. The number of esters is 1. The normalized spacial score (nSPS) is 37.0. The molecular weight excluding hydrogens is 370 g/mol. The van der Waals surface area contributed by atoms with Crippen LogP contribution < -0.4 is 0 Å². The number of hydrogen-bond acceptors (Lipinski definition) is 5. The highest BCUT2D eigenvalue weighted by molar-refractivity contribution is 7.15. The minimum absolute atomic E-state index is 0.0150. The van der Waals surface area contributed by atoms with E-state index in [1.54, 1.807) is 6.08 Å². The van der Waals surface area contributed by atoms with Crippen molar-refractivity contribution < 1.29 is 9.53 Å². The molecule has 134 valence electrons. The van der Waals surface area contributed by atoms with Crippen molar-refractivity contribution in [3.05, 3.63) is 28.1 Å². The maximum Gasteiger partial charge on any atom is 0.363 e. The Morgan fingerprint density at radius 3 is 2.62 bits per heavy atom. The van der Waals surface area contributed by atoms with Crippen LogP contribution in [-0.4, -0.2) is 21.3 Å². The minimum Gasteiger partial charge on any atom is -0.406 e. The predicted octanol–water partition coefficient (Wildman–Crippen LogP) is 4.56. The summed E-state index contributed by atoms with van der Waals surface area (Å²) in [5.41, 5.74) is 1.01. The number of aromatic nitrogens is 2. The average molecular weight is 388 g/mol. The fourth-order valence-electron chi connectivity index (χ4n) is 6.04. The van der Waals surface area contributed by atoms with Crippen LogP contribution in [0.3, 0.4) is 0 Å². The summed E-state index contributed by atoms with van der Waals surface area (Å²) >= 11 is 7.76. The van der Waals surface area contributed by atoms with Crippen LogP contribution in [0.2, 0.25) is 5.15 Å². The lowest BCUT2D eigenvalue weighted by atomic mass is 9.49. The molecule has 4 fully saturated rings. The molecule has 0 atom stereocenters. The molecule has 7 heteroatoms. The summed E-state index contributed by atoms with van der Waals surface area (Å²) in [6.07, 6.45) is 11.0. The van der Waals surface area contributed by atoms with Gasteiger partial charge in [-0.05, 0) is 62.4 Å². The molecule has 0 spiro atoms.